The number of unbranched alkanes of at least 4 members (excludes halogenated alkanes) is 36. The van der Waals surface area contributed by atoms with Crippen LogP contribution in [0, 0.1) is 0 Å². The molecule has 14 heteroatoms. The lowest BCUT2D eigenvalue weighted by Gasteiger charge is -2.46. The molecule has 0 bridgehead atoms. The standard InChI is InChI=1S/C74H133NO13/c1-3-5-7-9-11-13-15-17-18-19-20-21-22-23-24-25-26-27-28-29-30-31-32-33-34-35-36-37-38-39-40-41-42-43-44-46-48-50-52-54-56-58-66(79)75-62(63(78)57-55-53-51-49-47-45-16-14-12-10-8-6-4-2)61-85-73-71(84)69(82)72(65(60-77)87-73)88-74-70(83)68(81)67(80)64(59-76)86-74/h12,14-15,17,19-20,22-23,47,49,55,57,62-65,67-74,76-78,80-84H,3-11,13,16,18,21,24-46,48,50-54,56,58-61H2,1-2H3,(H,75,79)/b14-12+,17-15-,20-19-,23-22-,49-47+,57-55+. The van der Waals surface area contributed by atoms with E-state index >= 15 is 0 Å². The van der Waals surface area contributed by atoms with Gasteiger partial charge in [0.15, 0.2) is 12.6 Å². The van der Waals surface area contributed by atoms with Gasteiger partial charge in [0.2, 0.25) is 5.91 Å². The molecule has 2 fully saturated rings. The number of hydrogen-bond acceptors (Lipinski definition) is 13. The van der Waals surface area contributed by atoms with E-state index in [-0.39, 0.29) is 18.9 Å². The zero-order chi connectivity index (χ0) is 63.8. The number of hydrogen-bond donors (Lipinski definition) is 9. The van der Waals surface area contributed by atoms with Crippen LogP contribution in [-0.4, -0.2) is 140 Å². The molecular weight excluding hydrogens is 1110 g/mol. The Bertz CT molecular complexity index is 1750. The second kappa shape index (κ2) is 58.3. The molecule has 0 aromatic carbocycles. The molecule has 2 rings (SSSR count). The summed E-state index contributed by atoms with van der Waals surface area (Å²) in [5, 5.41) is 87.2. The van der Waals surface area contributed by atoms with E-state index in [4.69, 9.17) is 18.9 Å². The highest BCUT2D eigenvalue weighted by Crippen LogP contribution is 2.30. The Hall–Kier alpha value is -2.57. The number of carbonyl (C=O) groups is 1. The summed E-state index contributed by atoms with van der Waals surface area (Å²) in [6.07, 6.45) is 62.9. The van der Waals surface area contributed by atoms with Crippen LogP contribution >= 0.6 is 0 Å². The van der Waals surface area contributed by atoms with E-state index in [1.54, 1.807) is 6.08 Å². The number of carbonyl (C=O) groups excluding carboxylic acids is 1. The molecule has 9 N–H and O–H groups in total. The third kappa shape index (κ3) is 41.8. The summed E-state index contributed by atoms with van der Waals surface area (Å²) in [6, 6.07) is -0.938. The zero-order valence-electron chi connectivity index (χ0n) is 55.7. The first-order valence-electron chi connectivity index (χ1n) is 36.2. The molecule has 12 atom stereocenters. The minimum Gasteiger partial charge on any atom is -0.394 e. The van der Waals surface area contributed by atoms with E-state index in [0.717, 1.165) is 57.8 Å². The van der Waals surface area contributed by atoms with E-state index in [2.05, 4.69) is 79.9 Å². The smallest absolute Gasteiger partial charge is 0.220 e. The summed E-state index contributed by atoms with van der Waals surface area (Å²) < 4.78 is 22.8. The summed E-state index contributed by atoms with van der Waals surface area (Å²) in [5.41, 5.74) is 0. The fraction of sp³-hybridized carbons (Fsp3) is 0.824. The molecule has 0 saturated carbocycles. The third-order valence-electron chi connectivity index (χ3n) is 17.3. The lowest BCUT2D eigenvalue weighted by molar-refractivity contribution is -0.359. The lowest BCUT2D eigenvalue weighted by atomic mass is 9.97. The second-order valence-electron chi connectivity index (χ2n) is 25.3. The summed E-state index contributed by atoms with van der Waals surface area (Å²) in [4.78, 5) is 13.3. The van der Waals surface area contributed by atoms with Crippen LogP contribution < -0.4 is 5.32 Å². The first-order valence-corrected chi connectivity index (χ1v) is 36.2. The van der Waals surface area contributed by atoms with Crippen LogP contribution in [0.5, 0.6) is 0 Å². The van der Waals surface area contributed by atoms with Gasteiger partial charge in [-0.25, -0.2) is 0 Å². The van der Waals surface area contributed by atoms with E-state index in [0.29, 0.717) is 12.8 Å². The number of amides is 1. The maximum Gasteiger partial charge on any atom is 0.220 e. The van der Waals surface area contributed by atoms with Crippen molar-refractivity contribution >= 4 is 5.91 Å². The number of nitrogens with one attached hydrogen (secondary N) is 1. The van der Waals surface area contributed by atoms with Gasteiger partial charge in [0.1, 0.15) is 48.8 Å². The molecule has 0 aliphatic carbocycles. The van der Waals surface area contributed by atoms with Gasteiger partial charge >= 0.3 is 0 Å². The highest BCUT2D eigenvalue weighted by Gasteiger charge is 2.51. The van der Waals surface area contributed by atoms with Crippen molar-refractivity contribution in [2.24, 2.45) is 0 Å². The Balaban J connectivity index is 1.54. The molecule has 2 saturated heterocycles. The van der Waals surface area contributed by atoms with Gasteiger partial charge in [-0.05, 0) is 83.5 Å². The molecule has 0 aromatic heterocycles. The van der Waals surface area contributed by atoms with Gasteiger partial charge in [-0.3, -0.25) is 4.79 Å². The van der Waals surface area contributed by atoms with Crippen LogP contribution in [0.3, 0.4) is 0 Å². The summed E-state index contributed by atoms with van der Waals surface area (Å²) in [6.45, 7) is 2.74. The minimum absolute atomic E-state index is 0.251. The van der Waals surface area contributed by atoms with Crippen molar-refractivity contribution in [1.82, 2.24) is 5.32 Å². The average molecular weight is 1240 g/mol. The second-order valence-corrected chi connectivity index (χ2v) is 25.3. The van der Waals surface area contributed by atoms with Gasteiger partial charge in [-0.15, -0.1) is 0 Å². The van der Waals surface area contributed by atoms with Crippen molar-refractivity contribution < 1.29 is 64.6 Å². The molecule has 2 aliphatic heterocycles. The maximum absolute atomic E-state index is 13.3. The molecule has 1 amide bonds. The molecule has 512 valence electrons. The Morgan fingerprint density at radius 3 is 1.22 bits per heavy atom. The SMILES string of the molecule is CCCCC/C=C/CC/C=C/CC/C=C/C(O)C(COC1OC(CO)C(OC2OC(CO)C(O)C(O)C2O)C(O)C1O)NC(=O)CCCCCCCCCCCCCCCCCCCCCCCCCCCC/C=C\C/C=C\C/C=C\CCCCCCC. The molecule has 0 aromatic rings. The van der Waals surface area contributed by atoms with E-state index in [1.165, 1.54) is 205 Å². The fourth-order valence-corrected chi connectivity index (χ4v) is 11.6. The van der Waals surface area contributed by atoms with Crippen molar-refractivity contribution in [1.29, 1.82) is 0 Å². The van der Waals surface area contributed by atoms with Gasteiger partial charge in [-0.2, -0.15) is 0 Å². The average Bonchev–Trinajstić information content (AvgIpc) is 2.28. The fourth-order valence-electron chi connectivity index (χ4n) is 11.6. The van der Waals surface area contributed by atoms with Gasteiger partial charge < -0.3 is 65.1 Å². The Morgan fingerprint density at radius 1 is 0.409 bits per heavy atom. The number of rotatable bonds is 59. The van der Waals surface area contributed by atoms with Crippen molar-refractivity contribution in [3.63, 3.8) is 0 Å². The summed E-state index contributed by atoms with van der Waals surface area (Å²) in [7, 11) is 0. The minimum atomic E-state index is -1.79. The van der Waals surface area contributed by atoms with Gasteiger partial charge in [0.25, 0.3) is 0 Å². The Kier molecular flexibility index (Phi) is 54.0. The first kappa shape index (κ1) is 81.5. The molecule has 12 unspecified atom stereocenters. The number of ether oxygens (including phenoxy) is 4. The summed E-state index contributed by atoms with van der Waals surface area (Å²) in [5.74, 6) is -0.251. The predicted octanol–water partition coefficient (Wildman–Crippen LogP) is 15.0. The van der Waals surface area contributed by atoms with Gasteiger partial charge in [-0.1, -0.05) is 279 Å². The van der Waals surface area contributed by atoms with E-state index in [9.17, 15) is 45.6 Å². The van der Waals surface area contributed by atoms with E-state index in [1.807, 2.05) is 6.08 Å². The maximum atomic E-state index is 13.3. The molecule has 0 radical (unpaired) electrons. The normalized spacial score (nSPS) is 23.6. The van der Waals surface area contributed by atoms with Crippen molar-refractivity contribution in [3.8, 4) is 0 Å². The topological polar surface area (TPSA) is 228 Å². The largest absolute Gasteiger partial charge is 0.394 e. The van der Waals surface area contributed by atoms with Crippen LogP contribution in [0.2, 0.25) is 0 Å². The highest BCUT2D eigenvalue weighted by atomic mass is 16.7. The van der Waals surface area contributed by atoms with Crippen molar-refractivity contribution in [2.45, 2.75) is 370 Å². The predicted molar refractivity (Wildman–Crippen MR) is 360 cm³/mol. The van der Waals surface area contributed by atoms with Crippen LogP contribution in [-0.2, 0) is 23.7 Å². The van der Waals surface area contributed by atoms with Gasteiger partial charge in [0, 0.05) is 6.42 Å². The van der Waals surface area contributed by atoms with Crippen LogP contribution in [0.1, 0.15) is 296 Å². The summed E-state index contributed by atoms with van der Waals surface area (Å²) >= 11 is 0. The lowest BCUT2D eigenvalue weighted by Crippen LogP contribution is -2.65. The number of allylic oxidation sites excluding steroid dienone is 11. The molecule has 2 aliphatic rings. The highest BCUT2D eigenvalue weighted by molar-refractivity contribution is 5.76. The Morgan fingerprint density at radius 2 is 0.761 bits per heavy atom. The molecule has 88 heavy (non-hydrogen) atoms. The zero-order valence-corrected chi connectivity index (χ0v) is 55.7. The van der Waals surface area contributed by atoms with E-state index < -0.39 is 86.8 Å². The van der Waals surface area contributed by atoms with Gasteiger partial charge in [0.05, 0.1) is 32.0 Å². The quantitative estimate of drug-likeness (QED) is 0.0204. The van der Waals surface area contributed by atoms with Crippen molar-refractivity contribution in [3.05, 3.63) is 72.9 Å². The molecule has 2 heterocycles. The third-order valence-corrected chi connectivity index (χ3v) is 17.3. The van der Waals surface area contributed by atoms with Crippen molar-refractivity contribution in [2.75, 3.05) is 19.8 Å². The number of aliphatic hydroxyl groups is 8. The molecule has 14 nitrogen and oxygen atoms in total. The van der Waals surface area contributed by atoms with Crippen LogP contribution in [0.15, 0.2) is 72.9 Å². The molecular formula is C74H133NO13. The van der Waals surface area contributed by atoms with Crippen LogP contribution in [0.25, 0.3) is 0 Å². The number of aliphatic hydroxyl groups excluding tert-OH is 8. The first-order chi connectivity index (χ1) is 43.1. The Labute approximate surface area is 536 Å². The molecule has 0 spiro atoms. The monoisotopic (exact) mass is 1240 g/mol. The van der Waals surface area contributed by atoms with Crippen LogP contribution in [0.4, 0.5) is 0 Å².